The summed E-state index contributed by atoms with van der Waals surface area (Å²) < 4.78 is 0.884. The van der Waals surface area contributed by atoms with Gasteiger partial charge in [-0.1, -0.05) is 0 Å². The van der Waals surface area contributed by atoms with Crippen LogP contribution in [0.4, 0.5) is 5.69 Å². The number of nitrogen functional groups attached to an aromatic ring is 1. The molecule has 0 spiro atoms. The van der Waals surface area contributed by atoms with Gasteiger partial charge in [0, 0.05) is 35.2 Å². The molecule has 0 fully saturated rings. The lowest BCUT2D eigenvalue weighted by atomic mass is 10.1. The maximum absolute atomic E-state index is 10.0. The van der Waals surface area contributed by atoms with Crippen molar-refractivity contribution in [3.63, 3.8) is 0 Å². The van der Waals surface area contributed by atoms with Crippen LogP contribution in [-0.2, 0) is 6.42 Å². The zero-order valence-corrected chi connectivity index (χ0v) is 10.6. The second-order valence-electron chi connectivity index (χ2n) is 3.70. The molecular weight excluding hydrogens is 282 g/mol. The Bertz CT molecular complexity index is 501. The second-order valence-corrected chi connectivity index (χ2v) is 4.61. The Morgan fingerprint density at radius 2 is 2.12 bits per heavy atom. The van der Waals surface area contributed by atoms with Gasteiger partial charge in [0.1, 0.15) is 6.10 Å². The molecule has 0 aliphatic rings. The fourth-order valence-corrected chi connectivity index (χ4v) is 1.74. The number of anilines is 1. The zero-order chi connectivity index (χ0) is 12.3. The molecule has 0 aliphatic heterocycles. The van der Waals surface area contributed by atoms with Crippen molar-refractivity contribution in [1.82, 2.24) is 9.97 Å². The van der Waals surface area contributed by atoms with Crippen LogP contribution < -0.4 is 5.73 Å². The Morgan fingerprint density at radius 1 is 1.29 bits per heavy atom. The van der Waals surface area contributed by atoms with E-state index in [1.54, 1.807) is 30.7 Å². The summed E-state index contributed by atoms with van der Waals surface area (Å²) in [6.45, 7) is 0. The molecule has 1 atom stereocenters. The fourth-order valence-electron chi connectivity index (χ4n) is 1.51. The first kappa shape index (κ1) is 12.0. The lowest BCUT2D eigenvalue weighted by Crippen LogP contribution is -2.06. The van der Waals surface area contributed by atoms with Gasteiger partial charge in [0.15, 0.2) is 0 Å². The average Bonchev–Trinajstić information content (AvgIpc) is 2.33. The molecule has 2 heterocycles. The Morgan fingerprint density at radius 3 is 2.76 bits per heavy atom. The minimum atomic E-state index is -0.672. The molecule has 5 heteroatoms. The van der Waals surface area contributed by atoms with Crippen molar-refractivity contribution in [2.75, 3.05) is 5.73 Å². The predicted octanol–water partition coefficient (Wildman–Crippen LogP) is 2.10. The van der Waals surface area contributed by atoms with Crippen LogP contribution in [0.3, 0.4) is 0 Å². The Kier molecular flexibility index (Phi) is 3.71. The van der Waals surface area contributed by atoms with Crippen molar-refractivity contribution in [2.45, 2.75) is 12.5 Å². The number of aliphatic hydroxyl groups excluding tert-OH is 1. The smallest absolute Gasteiger partial charge is 0.100 e. The van der Waals surface area contributed by atoms with E-state index in [9.17, 15) is 5.11 Å². The maximum atomic E-state index is 10.0. The third kappa shape index (κ3) is 3.01. The monoisotopic (exact) mass is 293 g/mol. The highest BCUT2D eigenvalue weighted by molar-refractivity contribution is 9.10. The summed E-state index contributed by atoms with van der Waals surface area (Å²) in [5, 5.41) is 10.0. The van der Waals surface area contributed by atoms with Crippen LogP contribution in [0.1, 0.15) is 17.4 Å². The van der Waals surface area contributed by atoms with Crippen LogP contribution in [-0.4, -0.2) is 15.1 Å². The molecule has 17 heavy (non-hydrogen) atoms. The summed E-state index contributed by atoms with van der Waals surface area (Å²) in [5.41, 5.74) is 7.87. The highest BCUT2D eigenvalue weighted by Crippen LogP contribution is 2.20. The molecule has 88 valence electrons. The predicted molar refractivity (Wildman–Crippen MR) is 69.3 cm³/mol. The molecule has 0 saturated carbocycles. The quantitative estimate of drug-likeness (QED) is 0.909. The SMILES string of the molecule is Nc1ccncc1CC(O)c1ccc(Br)cn1. The van der Waals surface area contributed by atoms with E-state index >= 15 is 0 Å². The maximum Gasteiger partial charge on any atom is 0.100 e. The number of nitrogens with zero attached hydrogens (tertiary/aromatic N) is 2. The van der Waals surface area contributed by atoms with Crippen LogP contribution in [0.5, 0.6) is 0 Å². The zero-order valence-electron chi connectivity index (χ0n) is 9.05. The molecule has 1 unspecified atom stereocenters. The molecule has 2 aromatic heterocycles. The van der Waals surface area contributed by atoms with Gasteiger partial charge in [-0.15, -0.1) is 0 Å². The number of pyridine rings is 2. The van der Waals surface area contributed by atoms with Gasteiger partial charge in [-0.25, -0.2) is 0 Å². The molecule has 4 nitrogen and oxygen atoms in total. The number of halogens is 1. The van der Waals surface area contributed by atoms with Gasteiger partial charge in [-0.05, 0) is 39.7 Å². The number of aromatic nitrogens is 2. The first-order chi connectivity index (χ1) is 8.16. The highest BCUT2D eigenvalue weighted by Gasteiger charge is 2.11. The van der Waals surface area contributed by atoms with E-state index in [4.69, 9.17) is 5.73 Å². The highest BCUT2D eigenvalue weighted by atomic mass is 79.9. The first-order valence-electron chi connectivity index (χ1n) is 5.14. The van der Waals surface area contributed by atoms with E-state index in [-0.39, 0.29) is 0 Å². The van der Waals surface area contributed by atoms with Crippen LogP contribution >= 0.6 is 15.9 Å². The van der Waals surface area contributed by atoms with E-state index < -0.39 is 6.10 Å². The molecule has 3 N–H and O–H groups in total. The van der Waals surface area contributed by atoms with Gasteiger partial charge in [0.05, 0.1) is 5.69 Å². The number of rotatable bonds is 3. The third-order valence-corrected chi connectivity index (χ3v) is 2.92. The largest absolute Gasteiger partial charge is 0.398 e. The molecule has 0 amide bonds. The molecule has 2 aromatic rings. The van der Waals surface area contributed by atoms with Crippen molar-refractivity contribution in [3.05, 3.63) is 52.5 Å². The van der Waals surface area contributed by atoms with Crippen LogP contribution in [0.15, 0.2) is 41.3 Å². The van der Waals surface area contributed by atoms with Gasteiger partial charge in [-0.3, -0.25) is 9.97 Å². The summed E-state index contributed by atoms with van der Waals surface area (Å²) >= 11 is 3.30. The molecular formula is C12H12BrN3O. The first-order valence-corrected chi connectivity index (χ1v) is 5.94. The van der Waals surface area contributed by atoms with Gasteiger partial charge in [0.25, 0.3) is 0 Å². The number of aliphatic hydroxyl groups is 1. The Hall–Kier alpha value is -1.46. The van der Waals surface area contributed by atoms with Crippen molar-refractivity contribution >= 4 is 21.6 Å². The summed E-state index contributed by atoms with van der Waals surface area (Å²) in [6, 6.07) is 5.34. The number of hydrogen-bond acceptors (Lipinski definition) is 4. The van der Waals surface area contributed by atoms with Crippen LogP contribution in [0, 0.1) is 0 Å². The lowest BCUT2D eigenvalue weighted by Gasteiger charge is -2.11. The van der Waals surface area contributed by atoms with Gasteiger partial charge in [-0.2, -0.15) is 0 Å². The van der Waals surface area contributed by atoms with E-state index in [2.05, 4.69) is 25.9 Å². The molecule has 2 rings (SSSR count). The van der Waals surface area contributed by atoms with Crippen LogP contribution in [0.2, 0.25) is 0 Å². The van der Waals surface area contributed by atoms with Crippen molar-refractivity contribution in [3.8, 4) is 0 Å². The molecule has 0 saturated heterocycles. The van der Waals surface area contributed by atoms with Gasteiger partial charge in [0.2, 0.25) is 0 Å². The Labute approximate surface area is 108 Å². The number of hydrogen-bond donors (Lipinski definition) is 2. The van der Waals surface area contributed by atoms with Crippen molar-refractivity contribution in [1.29, 1.82) is 0 Å². The molecule has 0 bridgehead atoms. The summed E-state index contributed by atoms with van der Waals surface area (Å²) in [7, 11) is 0. The Balaban J connectivity index is 2.14. The standard InChI is InChI=1S/C12H12BrN3O/c13-9-1-2-11(16-7-9)12(17)5-8-6-15-4-3-10(8)14/h1-4,6-7,12,17H,5H2,(H2,14,15). The normalized spacial score (nSPS) is 12.4. The van der Waals surface area contributed by atoms with Crippen LogP contribution in [0.25, 0.3) is 0 Å². The van der Waals surface area contributed by atoms with E-state index in [1.807, 2.05) is 6.07 Å². The van der Waals surface area contributed by atoms with Crippen molar-refractivity contribution < 1.29 is 5.11 Å². The topological polar surface area (TPSA) is 72.0 Å². The van der Waals surface area contributed by atoms with Gasteiger partial charge >= 0.3 is 0 Å². The molecule has 0 aliphatic carbocycles. The van der Waals surface area contributed by atoms with E-state index in [0.717, 1.165) is 10.0 Å². The third-order valence-electron chi connectivity index (χ3n) is 2.45. The minimum Gasteiger partial charge on any atom is -0.398 e. The molecule has 0 aromatic carbocycles. The van der Waals surface area contributed by atoms with E-state index in [0.29, 0.717) is 17.8 Å². The molecule has 0 radical (unpaired) electrons. The summed E-state index contributed by atoms with van der Waals surface area (Å²) in [4.78, 5) is 8.13. The minimum absolute atomic E-state index is 0.411. The second kappa shape index (κ2) is 5.25. The summed E-state index contributed by atoms with van der Waals surface area (Å²) in [5.74, 6) is 0. The number of nitrogens with two attached hydrogens (primary N) is 1. The van der Waals surface area contributed by atoms with Crippen molar-refractivity contribution in [2.24, 2.45) is 0 Å². The van der Waals surface area contributed by atoms with Gasteiger partial charge < -0.3 is 10.8 Å². The fraction of sp³-hybridized carbons (Fsp3) is 0.167. The lowest BCUT2D eigenvalue weighted by molar-refractivity contribution is 0.173. The average molecular weight is 294 g/mol. The summed E-state index contributed by atoms with van der Waals surface area (Å²) in [6.07, 6.45) is 4.69. The van der Waals surface area contributed by atoms with E-state index in [1.165, 1.54) is 0 Å².